The third kappa shape index (κ3) is 1.53. The molecule has 0 unspecified atom stereocenters. The highest BCUT2D eigenvalue weighted by Crippen LogP contribution is 2.20. The number of aromatic amines is 2. The second-order valence-corrected chi connectivity index (χ2v) is 4.37. The lowest BCUT2D eigenvalue weighted by molar-refractivity contribution is 0.740. The van der Waals surface area contributed by atoms with Crippen LogP contribution < -0.4 is 11.2 Å². The van der Waals surface area contributed by atoms with Gasteiger partial charge in [0.2, 0.25) is 0 Å². The number of hydrogen-bond donors (Lipinski definition) is 2. The molecule has 3 heterocycles. The van der Waals surface area contributed by atoms with Gasteiger partial charge in [-0.25, -0.2) is 9.78 Å². The van der Waals surface area contributed by atoms with Gasteiger partial charge in [0.15, 0.2) is 5.65 Å². The fraction of sp³-hybridized carbons (Fsp3) is 0.273. The van der Waals surface area contributed by atoms with Gasteiger partial charge in [-0.2, -0.15) is 5.10 Å². The van der Waals surface area contributed by atoms with Gasteiger partial charge in [-0.3, -0.25) is 19.0 Å². The lowest BCUT2D eigenvalue weighted by atomic mass is 10.2. The summed E-state index contributed by atoms with van der Waals surface area (Å²) in [6.45, 7) is 1.90. The van der Waals surface area contributed by atoms with E-state index in [1.54, 1.807) is 17.9 Å². The zero-order valence-electron chi connectivity index (χ0n) is 10.7. The monoisotopic (exact) mass is 260 g/mol. The Morgan fingerprint density at radius 1 is 1.21 bits per heavy atom. The minimum atomic E-state index is -0.488. The summed E-state index contributed by atoms with van der Waals surface area (Å²) in [7, 11) is 3.38. The van der Waals surface area contributed by atoms with E-state index < -0.39 is 11.2 Å². The van der Waals surface area contributed by atoms with Gasteiger partial charge in [-0.1, -0.05) is 0 Å². The Balaban J connectivity index is 2.37. The molecule has 0 spiro atoms. The number of aryl methyl sites for hydroxylation is 2. The summed E-state index contributed by atoms with van der Waals surface area (Å²) in [6.07, 6.45) is 1.67. The average molecular weight is 260 g/mol. The molecule has 8 nitrogen and oxygen atoms in total. The molecule has 0 atom stereocenters. The summed E-state index contributed by atoms with van der Waals surface area (Å²) in [4.78, 5) is 32.7. The van der Waals surface area contributed by atoms with E-state index in [-0.39, 0.29) is 5.52 Å². The van der Waals surface area contributed by atoms with Crippen LogP contribution in [0.15, 0.2) is 15.8 Å². The molecule has 2 N–H and O–H groups in total. The van der Waals surface area contributed by atoms with E-state index >= 15 is 0 Å². The summed E-state index contributed by atoms with van der Waals surface area (Å²) >= 11 is 0. The molecule has 98 valence electrons. The van der Waals surface area contributed by atoms with Crippen molar-refractivity contribution < 1.29 is 0 Å². The Morgan fingerprint density at radius 2 is 1.95 bits per heavy atom. The van der Waals surface area contributed by atoms with Crippen molar-refractivity contribution in [2.24, 2.45) is 14.1 Å². The number of fused-ring (bicyclic) bond motifs is 1. The maximum absolute atomic E-state index is 11.7. The topological polar surface area (TPSA) is 101 Å². The standard InChI is InChI=1S/C11H12N6O2/c1-5-6(4-12-17(5)3)8-13-7-9(14-8)16(2)11(19)15-10(7)18/h4H,1-3H3,(H,13,14)(H,15,18,19). The van der Waals surface area contributed by atoms with Crippen LogP contribution in [-0.4, -0.2) is 29.3 Å². The van der Waals surface area contributed by atoms with Crippen molar-refractivity contribution in [1.82, 2.24) is 29.3 Å². The highest BCUT2D eigenvalue weighted by atomic mass is 16.2. The Hall–Kier alpha value is -2.64. The van der Waals surface area contributed by atoms with Crippen molar-refractivity contribution in [3.05, 3.63) is 32.7 Å². The zero-order chi connectivity index (χ0) is 13.7. The lowest BCUT2D eigenvalue weighted by Gasteiger charge is -1.95. The third-order valence-corrected chi connectivity index (χ3v) is 3.24. The first kappa shape index (κ1) is 11.5. The van der Waals surface area contributed by atoms with E-state index in [9.17, 15) is 9.59 Å². The molecule has 3 rings (SSSR count). The summed E-state index contributed by atoms with van der Waals surface area (Å²) in [5.74, 6) is 0.521. The number of hydrogen-bond acceptors (Lipinski definition) is 4. The molecule has 0 amide bonds. The molecule has 0 aromatic carbocycles. The summed E-state index contributed by atoms with van der Waals surface area (Å²) in [6, 6.07) is 0. The van der Waals surface area contributed by atoms with Crippen LogP contribution in [0.1, 0.15) is 5.69 Å². The van der Waals surface area contributed by atoms with Crippen molar-refractivity contribution in [3.8, 4) is 11.4 Å². The molecule has 0 saturated carbocycles. The Morgan fingerprint density at radius 3 is 2.58 bits per heavy atom. The van der Waals surface area contributed by atoms with Crippen LogP contribution in [0.3, 0.4) is 0 Å². The predicted octanol–water partition coefficient (Wildman–Crippen LogP) is -0.341. The molecule has 0 saturated heterocycles. The molecule has 0 aliphatic carbocycles. The van der Waals surface area contributed by atoms with E-state index in [1.165, 1.54) is 4.57 Å². The van der Waals surface area contributed by atoms with Crippen LogP contribution in [0.25, 0.3) is 22.6 Å². The Bertz CT molecular complexity index is 894. The molecule has 19 heavy (non-hydrogen) atoms. The number of nitrogens with one attached hydrogen (secondary N) is 2. The van der Waals surface area contributed by atoms with Gasteiger partial charge in [0, 0.05) is 19.8 Å². The largest absolute Gasteiger partial charge is 0.332 e. The van der Waals surface area contributed by atoms with Crippen LogP contribution in [0.4, 0.5) is 0 Å². The molecular formula is C11H12N6O2. The van der Waals surface area contributed by atoms with Crippen molar-refractivity contribution in [3.63, 3.8) is 0 Å². The van der Waals surface area contributed by atoms with Crippen molar-refractivity contribution >= 4 is 11.2 Å². The van der Waals surface area contributed by atoms with Crippen molar-refractivity contribution in [1.29, 1.82) is 0 Å². The third-order valence-electron chi connectivity index (χ3n) is 3.24. The maximum Gasteiger partial charge on any atom is 0.329 e. The van der Waals surface area contributed by atoms with Crippen LogP contribution in [0.5, 0.6) is 0 Å². The number of rotatable bonds is 1. The minimum Gasteiger partial charge on any atom is -0.332 e. The van der Waals surface area contributed by atoms with Gasteiger partial charge in [0.25, 0.3) is 5.56 Å². The number of nitrogens with zero attached hydrogens (tertiary/aromatic N) is 4. The second-order valence-electron chi connectivity index (χ2n) is 4.37. The summed E-state index contributed by atoms with van der Waals surface area (Å²) in [5.41, 5.74) is 1.36. The van der Waals surface area contributed by atoms with Gasteiger partial charge >= 0.3 is 5.69 Å². The Kier molecular flexibility index (Phi) is 2.21. The van der Waals surface area contributed by atoms with Crippen LogP contribution >= 0.6 is 0 Å². The normalized spacial score (nSPS) is 11.3. The average Bonchev–Trinajstić information content (AvgIpc) is 2.93. The highest BCUT2D eigenvalue weighted by Gasteiger charge is 2.15. The van der Waals surface area contributed by atoms with Crippen LogP contribution in [0, 0.1) is 6.92 Å². The van der Waals surface area contributed by atoms with Gasteiger partial charge in [-0.05, 0) is 6.92 Å². The van der Waals surface area contributed by atoms with Gasteiger partial charge in [0.1, 0.15) is 11.3 Å². The number of imidazole rings is 1. The molecule has 0 aliphatic heterocycles. The zero-order valence-corrected chi connectivity index (χ0v) is 10.7. The molecule has 3 aromatic rings. The molecule has 3 aromatic heterocycles. The first-order chi connectivity index (χ1) is 8.99. The SMILES string of the molecule is Cc1c(-c2nc3c([nH]2)c(=O)[nH]c(=O)n3C)cnn1C. The maximum atomic E-state index is 11.7. The van der Waals surface area contributed by atoms with Crippen molar-refractivity contribution in [2.45, 2.75) is 6.92 Å². The van der Waals surface area contributed by atoms with Crippen LogP contribution in [-0.2, 0) is 14.1 Å². The van der Waals surface area contributed by atoms with E-state index in [1.807, 2.05) is 14.0 Å². The van der Waals surface area contributed by atoms with Crippen molar-refractivity contribution in [2.75, 3.05) is 0 Å². The quantitative estimate of drug-likeness (QED) is 0.624. The molecule has 0 radical (unpaired) electrons. The lowest BCUT2D eigenvalue weighted by Crippen LogP contribution is -2.28. The highest BCUT2D eigenvalue weighted by molar-refractivity contribution is 5.75. The molecule has 0 bridgehead atoms. The summed E-state index contributed by atoms with van der Waals surface area (Å²) < 4.78 is 3.01. The molecule has 8 heteroatoms. The van der Waals surface area contributed by atoms with E-state index in [2.05, 4.69) is 20.1 Å². The predicted molar refractivity (Wildman–Crippen MR) is 68.9 cm³/mol. The van der Waals surface area contributed by atoms with Crippen LogP contribution in [0.2, 0.25) is 0 Å². The number of aromatic nitrogens is 6. The molecule has 0 aliphatic rings. The fourth-order valence-electron chi connectivity index (χ4n) is 1.96. The minimum absolute atomic E-state index is 0.278. The molecule has 0 fully saturated rings. The Labute approximate surface area is 106 Å². The fourth-order valence-corrected chi connectivity index (χ4v) is 1.96. The van der Waals surface area contributed by atoms with Gasteiger partial charge < -0.3 is 4.98 Å². The van der Waals surface area contributed by atoms with E-state index in [0.717, 1.165) is 11.3 Å². The number of H-pyrrole nitrogens is 2. The summed E-state index contributed by atoms with van der Waals surface area (Å²) in [5, 5.41) is 4.13. The smallest absolute Gasteiger partial charge is 0.329 e. The first-order valence-corrected chi connectivity index (χ1v) is 5.67. The second kappa shape index (κ2) is 3.67. The first-order valence-electron chi connectivity index (χ1n) is 5.67. The van der Waals surface area contributed by atoms with Gasteiger partial charge in [-0.15, -0.1) is 0 Å². The molecular weight excluding hydrogens is 248 g/mol. The van der Waals surface area contributed by atoms with Gasteiger partial charge in [0.05, 0.1) is 11.8 Å². The van der Waals surface area contributed by atoms with E-state index in [4.69, 9.17) is 0 Å². The van der Waals surface area contributed by atoms with E-state index in [0.29, 0.717) is 11.5 Å².